The quantitative estimate of drug-likeness (QED) is 0.472. The smallest absolute Gasteiger partial charge is 0.273 e. The normalized spacial score (nSPS) is 11.4. The first-order valence-corrected chi connectivity index (χ1v) is 7.14. The van der Waals surface area contributed by atoms with E-state index in [0.717, 1.165) is 6.26 Å². The Balaban J connectivity index is 2.36. The first-order chi connectivity index (χ1) is 8.42. The van der Waals surface area contributed by atoms with Gasteiger partial charge in [0.2, 0.25) is 10.0 Å². The molecule has 9 nitrogen and oxygen atoms in total. The monoisotopic (exact) mass is 276 g/mol. The van der Waals surface area contributed by atoms with E-state index in [1.165, 1.54) is 10.9 Å². The minimum Gasteiger partial charge on any atom is -0.349 e. The largest absolute Gasteiger partial charge is 0.349 e. The number of nitrogens with one attached hydrogen (secondary N) is 2. The summed E-state index contributed by atoms with van der Waals surface area (Å²) in [4.78, 5) is 11.6. The van der Waals surface area contributed by atoms with Crippen LogP contribution in [0, 0.1) is 0 Å². The molecule has 1 rings (SSSR count). The maximum absolute atomic E-state index is 11.6. The molecule has 0 atom stereocenters. The number of hydrogen-bond donors (Lipinski definition) is 3. The summed E-state index contributed by atoms with van der Waals surface area (Å²) in [5.74, 6) is -0.409. The maximum Gasteiger partial charge on any atom is 0.273 e. The van der Waals surface area contributed by atoms with Crippen molar-refractivity contribution in [2.75, 3.05) is 25.9 Å². The molecular weight excluding hydrogens is 260 g/mol. The van der Waals surface area contributed by atoms with Gasteiger partial charge in [0, 0.05) is 19.6 Å². The van der Waals surface area contributed by atoms with Crippen molar-refractivity contribution in [2.45, 2.75) is 6.54 Å². The highest BCUT2D eigenvalue weighted by Crippen LogP contribution is 1.92. The molecule has 0 aliphatic carbocycles. The van der Waals surface area contributed by atoms with E-state index in [1.54, 1.807) is 0 Å². The van der Waals surface area contributed by atoms with Crippen molar-refractivity contribution in [1.82, 2.24) is 25.0 Å². The number of carbonyl (C=O) groups excluding carboxylic acids is 1. The third kappa shape index (κ3) is 5.21. The molecular formula is C8H16N6O3S. The summed E-state index contributed by atoms with van der Waals surface area (Å²) in [6, 6.07) is 0. The van der Waals surface area contributed by atoms with E-state index in [-0.39, 0.29) is 18.8 Å². The Morgan fingerprint density at radius 2 is 2.22 bits per heavy atom. The molecule has 1 heterocycles. The first-order valence-electron chi connectivity index (χ1n) is 5.25. The van der Waals surface area contributed by atoms with Gasteiger partial charge in [0.05, 0.1) is 19.0 Å². The number of nitrogens with zero attached hydrogens (tertiary/aromatic N) is 3. The lowest BCUT2D eigenvalue weighted by Gasteiger charge is -2.03. The standard InChI is InChI=1S/C8H16N6O3S/c1-18(16,17)11-4-3-10-8(15)7-6-14(5-2-9)13-12-7/h6,11H,2-5,9H2,1H3,(H,10,15). The molecule has 10 heteroatoms. The molecule has 0 fully saturated rings. The molecule has 1 aromatic heterocycles. The molecule has 0 saturated carbocycles. The predicted molar refractivity (Wildman–Crippen MR) is 64.3 cm³/mol. The summed E-state index contributed by atoms with van der Waals surface area (Å²) in [7, 11) is -3.24. The summed E-state index contributed by atoms with van der Waals surface area (Å²) in [5, 5.41) is 9.89. The molecule has 0 unspecified atom stereocenters. The van der Waals surface area contributed by atoms with Crippen LogP contribution in [0.15, 0.2) is 6.20 Å². The van der Waals surface area contributed by atoms with Crippen LogP contribution in [0.1, 0.15) is 10.5 Å². The SMILES string of the molecule is CS(=O)(=O)NCCNC(=O)c1cn(CCN)nn1. The fraction of sp³-hybridized carbons (Fsp3) is 0.625. The van der Waals surface area contributed by atoms with Crippen LogP contribution in [-0.2, 0) is 16.6 Å². The first kappa shape index (κ1) is 14.5. The van der Waals surface area contributed by atoms with Crippen molar-refractivity contribution in [3.8, 4) is 0 Å². The Kier molecular flexibility index (Phi) is 5.19. The molecule has 0 aromatic carbocycles. The van der Waals surface area contributed by atoms with Gasteiger partial charge in [-0.05, 0) is 0 Å². The number of aromatic nitrogens is 3. The van der Waals surface area contributed by atoms with Crippen LogP contribution in [0.25, 0.3) is 0 Å². The second kappa shape index (κ2) is 6.42. The van der Waals surface area contributed by atoms with Crippen molar-refractivity contribution in [2.24, 2.45) is 5.73 Å². The van der Waals surface area contributed by atoms with E-state index in [9.17, 15) is 13.2 Å². The second-order valence-electron chi connectivity index (χ2n) is 3.58. The minimum atomic E-state index is -3.24. The molecule has 102 valence electrons. The number of carbonyl (C=O) groups is 1. The van der Waals surface area contributed by atoms with E-state index in [2.05, 4.69) is 20.4 Å². The topological polar surface area (TPSA) is 132 Å². The Hall–Kier alpha value is -1.52. The molecule has 0 aliphatic rings. The average molecular weight is 276 g/mol. The number of nitrogens with two attached hydrogens (primary N) is 1. The van der Waals surface area contributed by atoms with Crippen LogP contribution in [0.3, 0.4) is 0 Å². The summed E-state index contributed by atoms with van der Waals surface area (Å²) < 4.78 is 25.2. The maximum atomic E-state index is 11.6. The Bertz CT molecular complexity index is 497. The zero-order valence-corrected chi connectivity index (χ0v) is 10.8. The van der Waals surface area contributed by atoms with Gasteiger partial charge in [-0.15, -0.1) is 5.10 Å². The van der Waals surface area contributed by atoms with Gasteiger partial charge >= 0.3 is 0 Å². The molecule has 0 bridgehead atoms. The van der Waals surface area contributed by atoms with Gasteiger partial charge in [0.1, 0.15) is 0 Å². The van der Waals surface area contributed by atoms with Gasteiger partial charge in [-0.2, -0.15) is 0 Å². The summed E-state index contributed by atoms with van der Waals surface area (Å²) >= 11 is 0. The fourth-order valence-electron chi connectivity index (χ4n) is 1.15. The molecule has 4 N–H and O–H groups in total. The highest BCUT2D eigenvalue weighted by molar-refractivity contribution is 7.88. The minimum absolute atomic E-state index is 0.126. The van der Waals surface area contributed by atoms with E-state index in [4.69, 9.17) is 5.73 Å². The van der Waals surface area contributed by atoms with E-state index >= 15 is 0 Å². The van der Waals surface area contributed by atoms with Gasteiger partial charge in [0.15, 0.2) is 5.69 Å². The number of amides is 1. The van der Waals surface area contributed by atoms with Crippen LogP contribution in [0.5, 0.6) is 0 Å². The lowest BCUT2D eigenvalue weighted by Crippen LogP contribution is -2.34. The van der Waals surface area contributed by atoms with E-state index in [1.807, 2.05) is 0 Å². The third-order valence-corrected chi connectivity index (χ3v) is 2.63. The van der Waals surface area contributed by atoms with Gasteiger partial charge in [0.25, 0.3) is 5.91 Å². The molecule has 0 radical (unpaired) electrons. The highest BCUT2D eigenvalue weighted by Gasteiger charge is 2.10. The zero-order chi connectivity index (χ0) is 13.6. The van der Waals surface area contributed by atoms with Crippen LogP contribution in [0.4, 0.5) is 0 Å². The molecule has 1 aromatic rings. The van der Waals surface area contributed by atoms with Crippen LogP contribution >= 0.6 is 0 Å². The fourth-order valence-corrected chi connectivity index (χ4v) is 1.62. The van der Waals surface area contributed by atoms with Gasteiger partial charge in [-0.1, -0.05) is 5.21 Å². The van der Waals surface area contributed by atoms with Crippen LogP contribution in [-0.4, -0.2) is 55.2 Å². The lowest BCUT2D eigenvalue weighted by atomic mass is 10.4. The summed E-state index contributed by atoms with van der Waals surface area (Å²) in [5.41, 5.74) is 5.50. The van der Waals surface area contributed by atoms with Crippen molar-refractivity contribution in [3.05, 3.63) is 11.9 Å². The average Bonchev–Trinajstić information content (AvgIpc) is 2.72. The van der Waals surface area contributed by atoms with Gasteiger partial charge in [-0.25, -0.2) is 13.1 Å². The van der Waals surface area contributed by atoms with E-state index in [0.29, 0.717) is 13.1 Å². The van der Waals surface area contributed by atoms with Crippen molar-refractivity contribution < 1.29 is 13.2 Å². The lowest BCUT2D eigenvalue weighted by molar-refractivity contribution is 0.0949. The molecule has 0 aliphatic heterocycles. The van der Waals surface area contributed by atoms with Crippen LogP contribution in [0.2, 0.25) is 0 Å². The zero-order valence-electron chi connectivity index (χ0n) is 9.96. The van der Waals surface area contributed by atoms with Crippen molar-refractivity contribution in [3.63, 3.8) is 0 Å². The Morgan fingerprint density at radius 3 is 2.83 bits per heavy atom. The van der Waals surface area contributed by atoms with Crippen molar-refractivity contribution in [1.29, 1.82) is 0 Å². The summed E-state index contributed by atoms with van der Waals surface area (Å²) in [6.07, 6.45) is 2.53. The highest BCUT2D eigenvalue weighted by atomic mass is 32.2. The molecule has 1 amide bonds. The van der Waals surface area contributed by atoms with E-state index < -0.39 is 15.9 Å². The summed E-state index contributed by atoms with van der Waals surface area (Å²) in [6.45, 7) is 1.19. The molecule has 0 spiro atoms. The van der Waals surface area contributed by atoms with Crippen molar-refractivity contribution >= 4 is 15.9 Å². The van der Waals surface area contributed by atoms with Gasteiger partial charge in [-0.3, -0.25) is 9.48 Å². The van der Waals surface area contributed by atoms with Crippen LogP contribution < -0.4 is 15.8 Å². The Morgan fingerprint density at radius 1 is 1.50 bits per heavy atom. The van der Waals surface area contributed by atoms with Gasteiger partial charge < -0.3 is 11.1 Å². The number of sulfonamides is 1. The Labute approximate surface area is 105 Å². The third-order valence-electron chi connectivity index (χ3n) is 1.90. The molecule has 18 heavy (non-hydrogen) atoms. The molecule has 0 saturated heterocycles. The predicted octanol–water partition coefficient (Wildman–Crippen LogP) is -2.48. The second-order valence-corrected chi connectivity index (χ2v) is 5.41. The number of rotatable bonds is 7. The number of hydrogen-bond acceptors (Lipinski definition) is 6.